The maximum atomic E-state index is 11.6. The maximum absolute atomic E-state index is 11.6. The molecule has 92 valence electrons. The quantitative estimate of drug-likeness (QED) is 0.746. The summed E-state index contributed by atoms with van der Waals surface area (Å²) in [7, 11) is 0. The lowest BCUT2D eigenvalue weighted by atomic mass is 10.2. The number of carbonyl (C=O) groups excluding carboxylic acids is 1. The number of carbonyl (C=O) groups is 1. The molecule has 0 aliphatic heterocycles. The number of fused-ring (bicyclic) bond motifs is 1. The number of ether oxygens (including phenoxy) is 1. The Labute approximate surface area is 101 Å². The van der Waals surface area contributed by atoms with E-state index in [1.54, 1.807) is 6.92 Å². The molecular formula is C11H9N3O4. The average molecular weight is 247 g/mol. The number of hydrogen-bond donors (Lipinski definition) is 2. The Kier molecular flexibility index (Phi) is 2.77. The number of nitriles is 1. The molecule has 0 saturated heterocycles. The van der Waals surface area contributed by atoms with Crippen LogP contribution in [0.3, 0.4) is 0 Å². The first-order valence-corrected chi connectivity index (χ1v) is 5.13. The van der Waals surface area contributed by atoms with Gasteiger partial charge in [0.1, 0.15) is 11.6 Å². The fraction of sp³-hybridized carbons (Fsp3) is 0.182. The zero-order valence-corrected chi connectivity index (χ0v) is 9.43. The van der Waals surface area contributed by atoms with Gasteiger partial charge in [0.15, 0.2) is 11.3 Å². The van der Waals surface area contributed by atoms with Gasteiger partial charge in [0.2, 0.25) is 0 Å². The van der Waals surface area contributed by atoms with Crippen LogP contribution in [0.2, 0.25) is 0 Å². The van der Waals surface area contributed by atoms with Crippen LogP contribution < -0.4 is 5.56 Å². The van der Waals surface area contributed by atoms with Gasteiger partial charge in [-0.25, -0.2) is 4.79 Å². The van der Waals surface area contributed by atoms with E-state index in [1.165, 1.54) is 16.8 Å². The number of nitrogens with one attached hydrogen (secondary N) is 1. The highest BCUT2D eigenvalue weighted by atomic mass is 16.5. The Hall–Kier alpha value is -2.75. The molecule has 0 bridgehead atoms. The third-order valence-electron chi connectivity index (χ3n) is 2.36. The van der Waals surface area contributed by atoms with Crippen LogP contribution in [0.4, 0.5) is 0 Å². The zero-order chi connectivity index (χ0) is 13.3. The van der Waals surface area contributed by atoms with E-state index in [0.717, 1.165) is 0 Å². The second-order valence-electron chi connectivity index (χ2n) is 3.48. The van der Waals surface area contributed by atoms with Crippen molar-refractivity contribution in [2.75, 3.05) is 6.61 Å². The summed E-state index contributed by atoms with van der Waals surface area (Å²) >= 11 is 0. The van der Waals surface area contributed by atoms with Gasteiger partial charge in [0.25, 0.3) is 5.56 Å². The molecule has 7 heteroatoms. The van der Waals surface area contributed by atoms with E-state index in [9.17, 15) is 14.7 Å². The second-order valence-corrected chi connectivity index (χ2v) is 3.48. The highest BCUT2D eigenvalue weighted by Crippen LogP contribution is 2.22. The van der Waals surface area contributed by atoms with Crippen molar-refractivity contribution in [1.29, 1.82) is 5.26 Å². The topological polar surface area (TPSA) is 108 Å². The van der Waals surface area contributed by atoms with E-state index in [1.807, 2.05) is 6.07 Å². The van der Waals surface area contributed by atoms with E-state index in [0.29, 0.717) is 0 Å². The third-order valence-corrected chi connectivity index (χ3v) is 2.36. The Bertz CT molecular complexity index is 720. The molecular weight excluding hydrogens is 238 g/mol. The van der Waals surface area contributed by atoms with Crippen molar-refractivity contribution in [3.63, 3.8) is 0 Å². The number of aromatic hydroxyl groups is 1. The van der Waals surface area contributed by atoms with E-state index in [-0.39, 0.29) is 17.7 Å². The molecule has 2 rings (SSSR count). The maximum Gasteiger partial charge on any atom is 0.347 e. The number of esters is 1. The number of aromatic nitrogens is 2. The summed E-state index contributed by atoms with van der Waals surface area (Å²) in [5.41, 5.74) is -0.832. The molecule has 0 radical (unpaired) electrons. The highest BCUT2D eigenvalue weighted by Gasteiger charge is 2.21. The Morgan fingerprint density at radius 1 is 1.67 bits per heavy atom. The summed E-state index contributed by atoms with van der Waals surface area (Å²) < 4.78 is 5.86. The second kappa shape index (κ2) is 4.25. The highest BCUT2D eigenvalue weighted by molar-refractivity contribution is 5.94. The molecule has 0 unspecified atom stereocenters. The number of H-pyrrole nitrogens is 1. The molecule has 2 aromatic heterocycles. The van der Waals surface area contributed by atoms with Crippen LogP contribution in [0.1, 0.15) is 22.8 Å². The molecule has 7 nitrogen and oxygen atoms in total. The Balaban J connectivity index is 2.72. The molecule has 0 spiro atoms. The van der Waals surface area contributed by atoms with Gasteiger partial charge in [-0.2, -0.15) is 5.26 Å². The van der Waals surface area contributed by atoms with Crippen molar-refractivity contribution >= 4 is 11.5 Å². The first-order chi connectivity index (χ1) is 8.58. The zero-order valence-electron chi connectivity index (χ0n) is 9.43. The smallest absolute Gasteiger partial charge is 0.347 e. The van der Waals surface area contributed by atoms with Gasteiger partial charge in [-0.05, 0) is 13.0 Å². The standard InChI is InChI=1S/C11H9N3O4/c1-2-18-11(17)8-9(15)7-3-6(4-12)5-14(7)13-10(8)16/h3,5,15H,2H2,1H3,(H,13,16). The summed E-state index contributed by atoms with van der Waals surface area (Å²) in [5.74, 6) is -1.41. The molecule has 0 saturated carbocycles. The fourth-order valence-electron chi connectivity index (χ4n) is 1.59. The summed E-state index contributed by atoms with van der Waals surface area (Å²) in [6.07, 6.45) is 1.34. The number of aromatic amines is 1. The monoisotopic (exact) mass is 247 g/mol. The summed E-state index contributed by atoms with van der Waals surface area (Å²) in [6.45, 7) is 1.68. The predicted molar refractivity (Wildman–Crippen MR) is 60.4 cm³/mol. The lowest BCUT2D eigenvalue weighted by Crippen LogP contribution is -2.22. The fourth-order valence-corrected chi connectivity index (χ4v) is 1.59. The van der Waals surface area contributed by atoms with Crippen molar-refractivity contribution in [3.05, 3.63) is 33.7 Å². The van der Waals surface area contributed by atoms with E-state index in [4.69, 9.17) is 5.26 Å². The van der Waals surface area contributed by atoms with Crippen LogP contribution in [-0.4, -0.2) is 27.3 Å². The molecule has 0 aliphatic carbocycles. The minimum atomic E-state index is -0.904. The molecule has 0 aromatic carbocycles. The first-order valence-electron chi connectivity index (χ1n) is 5.13. The molecule has 0 fully saturated rings. The SMILES string of the molecule is CCOC(=O)c1c(O)c2cc(C#N)cn2[nH]c1=O. The number of rotatable bonds is 2. The molecule has 18 heavy (non-hydrogen) atoms. The van der Waals surface area contributed by atoms with E-state index < -0.39 is 22.8 Å². The lowest BCUT2D eigenvalue weighted by Gasteiger charge is -2.05. The molecule has 2 N–H and O–H groups in total. The number of hydrogen-bond acceptors (Lipinski definition) is 5. The largest absolute Gasteiger partial charge is 0.505 e. The van der Waals surface area contributed by atoms with E-state index >= 15 is 0 Å². The normalized spacial score (nSPS) is 10.2. The van der Waals surface area contributed by atoms with Gasteiger partial charge in [0, 0.05) is 6.20 Å². The van der Waals surface area contributed by atoms with Crippen LogP contribution >= 0.6 is 0 Å². The lowest BCUT2D eigenvalue weighted by molar-refractivity contribution is 0.0520. The average Bonchev–Trinajstić information content (AvgIpc) is 2.72. The van der Waals surface area contributed by atoms with Crippen LogP contribution in [0.15, 0.2) is 17.1 Å². The van der Waals surface area contributed by atoms with Gasteiger partial charge in [-0.15, -0.1) is 0 Å². The summed E-state index contributed by atoms with van der Waals surface area (Å²) in [6, 6.07) is 3.22. The van der Waals surface area contributed by atoms with Crippen LogP contribution in [-0.2, 0) is 4.74 Å². The number of nitrogens with zero attached hydrogens (tertiary/aromatic N) is 2. The van der Waals surface area contributed by atoms with Crippen molar-refractivity contribution < 1.29 is 14.6 Å². The predicted octanol–water partition coefficient (Wildman–Crippen LogP) is 0.382. The molecule has 2 heterocycles. The molecule has 0 atom stereocenters. The van der Waals surface area contributed by atoms with Gasteiger partial charge in [0.05, 0.1) is 12.2 Å². The van der Waals surface area contributed by atoms with Crippen molar-refractivity contribution in [3.8, 4) is 11.8 Å². The van der Waals surface area contributed by atoms with Crippen molar-refractivity contribution in [2.24, 2.45) is 0 Å². The van der Waals surface area contributed by atoms with Crippen molar-refractivity contribution in [1.82, 2.24) is 9.61 Å². The minimum absolute atomic E-state index is 0.0906. The van der Waals surface area contributed by atoms with Gasteiger partial charge >= 0.3 is 5.97 Å². The third kappa shape index (κ3) is 1.69. The molecule has 2 aromatic rings. The minimum Gasteiger partial charge on any atom is -0.505 e. The molecule has 0 amide bonds. The van der Waals surface area contributed by atoms with Gasteiger partial charge in [-0.1, -0.05) is 0 Å². The van der Waals surface area contributed by atoms with Crippen molar-refractivity contribution in [2.45, 2.75) is 6.92 Å². The molecule has 0 aliphatic rings. The first kappa shape index (κ1) is 11.7. The van der Waals surface area contributed by atoms with Crippen LogP contribution in [0, 0.1) is 11.3 Å². The van der Waals surface area contributed by atoms with Crippen LogP contribution in [0.5, 0.6) is 5.75 Å². The summed E-state index contributed by atoms with van der Waals surface area (Å²) in [4.78, 5) is 23.2. The van der Waals surface area contributed by atoms with E-state index in [2.05, 4.69) is 9.84 Å². The Morgan fingerprint density at radius 3 is 3.00 bits per heavy atom. The summed E-state index contributed by atoms with van der Waals surface area (Å²) in [5, 5.41) is 21.0. The van der Waals surface area contributed by atoms with Gasteiger partial charge < -0.3 is 9.84 Å². The van der Waals surface area contributed by atoms with Crippen LogP contribution in [0.25, 0.3) is 5.52 Å². The Morgan fingerprint density at radius 2 is 2.39 bits per heavy atom. The van der Waals surface area contributed by atoms with Gasteiger partial charge in [-0.3, -0.25) is 14.4 Å².